The van der Waals surface area contributed by atoms with Gasteiger partial charge in [-0.1, -0.05) is 6.92 Å². The first-order valence-electron chi connectivity index (χ1n) is 9.83. The molecule has 2 atom stereocenters. The Morgan fingerprint density at radius 1 is 1.27 bits per heavy atom. The average molecular weight is 444 g/mol. The normalized spacial score (nSPS) is 21.5. The Morgan fingerprint density at radius 3 is 3.00 bits per heavy atom. The summed E-state index contributed by atoms with van der Waals surface area (Å²) in [5, 5.41) is 2.91. The molecule has 0 saturated carbocycles. The first-order chi connectivity index (χ1) is 14.4. The molecule has 0 spiro atoms. The number of aromatic nitrogens is 1. The Kier molecular flexibility index (Phi) is 4.76. The number of ether oxygens (including phenoxy) is 1. The molecule has 2 aliphatic heterocycles. The van der Waals surface area contributed by atoms with E-state index in [-0.39, 0.29) is 29.2 Å². The van der Waals surface area contributed by atoms with Gasteiger partial charge >= 0.3 is 0 Å². The molecule has 7 nitrogen and oxygen atoms in total. The van der Waals surface area contributed by atoms with Gasteiger partial charge in [0.15, 0.2) is 0 Å². The Balaban J connectivity index is 1.30. The summed E-state index contributed by atoms with van der Waals surface area (Å²) in [6, 6.07) is 10.6. The van der Waals surface area contributed by atoms with Crippen LogP contribution in [-0.2, 0) is 14.8 Å². The van der Waals surface area contributed by atoms with Crippen molar-refractivity contribution in [2.24, 2.45) is 5.92 Å². The van der Waals surface area contributed by atoms with E-state index in [1.165, 1.54) is 4.31 Å². The number of nitrogens with zero attached hydrogens (tertiary/aromatic N) is 2. The number of amides is 1. The molecule has 0 radical (unpaired) electrons. The molecule has 30 heavy (non-hydrogen) atoms. The lowest BCUT2D eigenvalue weighted by molar-refractivity contribution is -0.119. The van der Waals surface area contributed by atoms with Crippen molar-refractivity contribution in [3.8, 4) is 5.75 Å². The van der Waals surface area contributed by atoms with Crippen LogP contribution in [0.2, 0.25) is 0 Å². The molecule has 3 aromatic rings. The van der Waals surface area contributed by atoms with E-state index in [0.29, 0.717) is 25.3 Å². The Morgan fingerprint density at radius 2 is 2.13 bits per heavy atom. The molecule has 0 bridgehead atoms. The van der Waals surface area contributed by atoms with Gasteiger partial charge in [-0.2, -0.15) is 4.31 Å². The van der Waals surface area contributed by atoms with Crippen molar-refractivity contribution in [3.63, 3.8) is 0 Å². The molecule has 3 heterocycles. The molecule has 1 fully saturated rings. The van der Waals surface area contributed by atoms with Crippen LogP contribution in [-0.4, -0.2) is 43.3 Å². The van der Waals surface area contributed by atoms with Gasteiger partial charge in [-0.05, 0) is 42.8 Å². The van der Waals surface area contributed by atoms with Crippen molar-refractivity contribution < 1.29 is 17.9 Å². The molecule has 1 amide bonds. The Hall–Kier alpha value is -2.49. The number of carbonyl (C=O) groups excluding carboxylic acids is 1. The molecule has 2 aromatic carbocycles. The fourth-order valence-electron chi connectivity index (χ4n) is 4.00. The van der Waals surface area contributed by atoms with E-state index in [0.717, 1.165) is 21.5 Å². The summed E-state index contributed by atoms with van der Waals surface area (Å²) in [6.45, 7) is 3.09. The number of fused-ring (bicyclic) bond motifs is 2. The third-order valence-corrected chi connectivity index (χ3v) is 8.43. The van der Waals surface area contributed by atoms with Gasteiger partial charge in [0.1, 0.15) is 5.75 Å². The van der Waals surface area contributed by atoms with Crippen molar-refractivity contribution in [1.29, 1.82) is 0 Å². The van der Waals surface area contributed by atoms with Gasteiger partial charge in [0.2, 0.25) is 15.9 Å². The Labute approximate surface area is 178 Å². The van der Waals surface area contributed by atoms with E-state index < -0.39 is 10.0 Å². The fraction of sp³-hybridized carbons (Fsp3) is 0.333. The predicted octanol–water partition coefficient (Wildman–Crippen LogP) is 3.44. The molecule has 1 aromatic heterocycles. The smallest absolute Gasteiger partial charge is 0.243 e. The van der Waals surface area contributed by atoms with Crippen molar-refractivity contribution in [2.45, 2.75) is 24.2 Å². The van der Waals surface area contributed by atoms with Crippen LogP contribution < -0.4 is 10.1 Å². The largest absolute Gasteiger partial charge is 0.493 e. The molecule has 2 aliphatic rings. The molecule has 5 rings (SSSR count). The highest BCUT2D eigenvalue weighted by Gasteiger charge is 2.36. The van der Waals surface area contributed by atoms with E-state index in [1.54, 1.807) is 35.0 Å². The standard InChI is InChI=1S/C21H21N3O4S2/c1-13-11-28-19-4-3-16(9-17(13)19)30(26,27)24-7-6-14(10-24)21(25)23-15-2-5-20-18(8-15)22-12-29-20/h2-5,8-9,12-14H,6-7,10-11H2,1H3,(H,23,25)/t13?,14-/m1/s1. The zero-order valence-electron chi connectivity index (χ0n) is 16.4. The number of rotatable bonds is 4. The highest BCUT2D eigenvalue weighted by atomic mass is 32.2. The number of sulfonamides is 1. The first kappa shape index (κ1) is 19.5. The SMILES string of the molecule is CC1COc2ccc(S(=O)(=O)N3CC[C@@H](C(=O)Nc4ccc5scnc5c4)C3)cc21. The van der Waals surface area contributed by atoms with Crippen molar-refractivity contribution in [1.82, 2.24) is 9.29 Å². The maximum Gasteiger partial charge on any atom is 0.243 e. The summed E-state index contributed by atoms with van der Waals surface area (Å²) in [7, 11) is -3.66. The summed E-state index contributed by atoms with van der Waals surface area (Å²) < 4.78 is 34.3. The Bertz CT molecular complexity index is 1240. The molecular formula is C21H21N3O4S2. The van der Waals surface area contributed by atoms with Gasteiger partial charge in [0.25, 0.3) is 0 Å². The van der Waals surface area contributed by atoms with Gasteiger partial charge in [-0.15, -0.1) is 11.3 Å². The van der Waals surface area contributed by atoms with Crippen LogP contribution >= 0.6 is 11.3 Å². The predicted molar refractivity (Wildman–Crippen MR) is 115 cm³/mol. The molecular weight excluding hydrogens is 422 g/mol. The molecule has 1 unspecified atom stereocenters. The number of hydrogen-bond acceptors (Lipinski definition) is 6. The minimum Gasteiger partial charge on any atom is -0.493 e. The summed E-state index contributed by atoms with van der Waals surface area (Å²) >= 11 is 1.54. The zero-order valence-corrected chi connectivity index (χ0v) is 18.0. The maximum atomic E-state index is 13.1. The van der Waals surface area contributed by atoms with Gasteiger partial charge in [-0.25, -0.2) is 13.4 Å². The molecule has 1 N–H and O–H groups in total. The summed E-state index contributed by atoms with van der Waals surface area (Å²) in [4.78, 5) is 17.2. The van der Waals surface area contributed by atoms with Crippen molar-refractivity contribution >= 4 is 43.2 Å². The van der Waals surface area contributed by atoms with E-state index >= 15 is 0 Å². The second-order valence-corrected chi connectivity index (χ2v) is 10.6. The third-order valence-electron chi connectivity index (χ3n) is 5.76. The monoisotopic (exact) mass is 443 g/mol. The number of thiazole rings is 1. The number of benzene rings is 2. The second-order valence-electron chi connectivity index (χ2n) is 7.78. The summed E-state index contributed by atoms with van der Waals surface area (Å²) in [5.74, 6) is 0.361. The van der Waals surface area contributed by atoms with Crippen LogP contribution in [0.4, 0.5) is 5.69 Å². The van der Waals surface area contributed by atoms with Crippen LogP contribution in [0.5, 0.6) is 5.75 Å². The number of nitrogens with one attached hydrogen (secondary N) is 1. The summed E-state index contributed by atoms with van der Waals surface area (Å²) in [5.41, 5.74) is 4.19. The van der Waals surface area contributed by atoms with Crippen molar-refractivity contribution in [2.75, 3.05) is 25.0 Å². The van der Waals surface area contributed by atoms with Gasteiger partial charge < -0.3 is 10.1 Å². The van der Waals surface area contributed by atoms with Crippen molar-refractivity contribution in [3.05, 3.63) is 47.5 Å². The first-order valence-corrected chi connectivity index (χ1v) is 12.1. The molecule has 156 valence electrons. The lowest BCUT2D eigenvalue weighted by Crippen LogP contribution is -2.31. The van der Waals surface area contributed by atoms with Crippen LogP contribution in [0.3, 0.4) is 0 Å². The fourth-order valence-corrected chi connectivity index (χ4v) is 6.19. The van der Waals surface area contributed by atoms with Gasteiger partial charge in [0, 0.05) is 30.3 Å². The topological polar surface area (TPSA) is 88.6 Å². The summed E-state index contributed by atoms with van der Waals surface area (Å²) in [6.07, 6.45) is 0.495. The molecule has 9 heteroatoms. The zero-order chi connectivity index (χ0) is 20.9. The average Bonchev–Trinajstić information content (AvgIpc) is 3.47. The second kappa shape index (κ2) is 7.33. The molecule has 1 saturated heterocycles. The number of carbonyl (C=O) groups is 1. The van der Waals surface area contributed by atoms with Crippen LogP contribution in [0.25, 0.3) is 10.2 Å². The van der Waals surface area contributed by atoms with Crippen LogP contribution in [0, 0.1) is 5.92 Å². The maximum absolute atomic E-state index is 13.1. The van der Waals surface area contributed by atoms with E-state index in [1.807, 2.05) is 25.1 Å². The van der Waals surface area contributed by atoms with E-state index in [4.69, 9.17) is 4.74 Å². The van der Waals surface area contributed by atoms with E-state index in [2.05, 4.69) is 10.3 Å². The number of anilines is 1. The minimum absolute atomic E-state index is 0.168. The van der Waals surface area contributed by atoms with E-state index in [9.17, 15) is 13.2 Å². The lowest BCUT2D eigenvalue weighted by Gasteiger charge is -2.17. The lowest BCUT2D eigenvalue weighted by atomic mass is 10.0. The number of hydrogen-bond donors (Lipinski definition) is 1. The minimum atomic E-state index is -3.66. The van der Waals surface area contributed by atoms with Gasteiger partial charge in [0.05, 0.1) is 33.1 Å². The quantitative estimate of drug-likeness (QED) is 0.667. The third kappa shape index (κ3) is 3.36. The van der Waals surface area contributed by atoms with Crippen LogP contribution in [0.15, 0.2) is 46.8 Å². The van der Waals surface area contributed by atoms with Crippen LogP contribution in [0.1, 0.15) is 24.8 Å². The van der Waals surface area contributed by atoms with Gasteiger partial charge in [-0.3, -0.25) is 4.79 Å². The molecule has 0 aliphatic carbocycles. The highest BCUT2D eigenvalue weighted by molar-refractivity contribution is 7.89. The highest BCUT2D eigenvalue weighted by Crippen LogP contribution is 2.36.